The summed E-state index contributed by atoms with van der Waals surface area (Å²) in [5.41, 5.74) is 4.61. The quantitative estimate of drug-likeness (QED) is 0.559. The molecule has 146 valence electrons. The molecule has 5 nitrogen and oxygen atoms in total. The van der Waals surface area contributed by atoms with Crippen LogP contribution in [0.25, 0.3) is 10.9 Å². The van der Waals surface area contributed by atoms with Gasteiger partial charge in [-0.1, -0.05) is 49.4 Å². The summed E-state index contributed by atoms with van der Waals surface area (Å²) in [6.07, 6.45) is 4.57. The molecule has 5 heteroatoms. The van der Waals surface area contributed by atoms with Crippen molar-refractivity contribution >= 4 is 22.8 Å². The summed E-state index contributed by atoms with van der Waals surface area (Å²) >= 11 is 0. The van der Waals surface area contributed by atoms with Crippen LogP contribution in [0.3, 0.4) is 0 Å². The molecule has 2 aromatic carbocycles. The van der Waals surface area contributed by atoms with E-state index in [1.165, 1.54) is 5.56 Å². The molecule has 0 unspecified atom stereocenters. The lowest BCUT2D eigenvalue weighted by molar-refractivity contribution is -0.148. The molecule has 1 amide bonds. The van der Waals surface area contributed by atoms with Gasteiger partial charge in [0.15, 0.2) is 6.61 Å². The maximum atomic E-state index is 11.9. The molecular formula is C23H26N2O3. The molecule has 0 aliphatic rings. The van der Waals surface area contributed by atoms with Gasteiger partial charge in [0.1, 0.15) is 0 Å². The Morgan fingerprint density at radius 2 is 1.75 bits per heavy atom. The van der Waals surface area contributed by atoms with Crippen LogP contribution in [0, 0.1) is 0 Å². The molecule has 0 radical (unpaired) electrons. The molecule has 3 rings (SSSR count). The number of aromatic amines is 1. The lowest BCUT2D eigenvalue weighted by atomic mass is 10.1. The second-order valence-corrected chi connectivity index (χ2v) is 6.79. The highest BCUT2D eigenvalue weighted by atomic mass is 16.5. The number of aryl methyl sites for hydroxylation is 2. The molecule has 3 aromatic rings. The Bertz CT molecular complexity index is 928. The van der Waals surface area contributed by atoms with Crippen molar-refractivity contribution in [1.82, 2.24) is 10.3 Å². The molecule has 0 bridgehead atoms. The van der Waals surface area contributed by atoms with Gasteiger partial charge in [0.2, 0.25) is 0 Å². The number of carbonyl (C=O) groups excluding carboxylic acids is 2. The molecule has 0 spiro atoms. The molecule has 0 saturated carbocycles. The average molecular weight is 378 g/mol. The Kier molecular flexibility index (Phi) is 6.84. The molecule has 28 heavy (non-hydrogen) atoms. The normalized spacial score (nSPS) is 10.8. The van der Waals surface area contributed by atoms with Crippen LogP contribution in [0.2, 0.25) is 0 Å². The number of carbonyl (C=O) groups is 2. The summed E-state index contributed by atoms with van der Waals surface area (Å²) in [4.78, 5) is 27.0. The van der Waals surface area contributed by atoms with Crippen molar-refractivity contribution in [2.75, 3.05) is 13.2 Å². The summed E-state index contributed by atoms with van der Waals surface area (Å²) in [5, 5.41) is 3.96. The number of esters is 1. The van der Waals surface area contributed by atoms with Crippen LogP contribution in [0.5, 0.6) is 0 Å². The Labute approximate surface area is 165 Å². The fraction of sp³-hybridized carbons (Fsp3) is 0.304. The molecule has 0 saturated heterocycles. The number of H-pyrrole nitrogens is 1. The number of benzene rings is 2. The van der Waals surface area contributed by atoms with Crippen LogP contribution < -0.4 is 5.32 Å². The molecule has 0 aliphatic heterocycles. The third kappa shape index (κ3) is 5.46. The lowest BCUT2D eigenvalue weighted by Crippen LogP contribution is -2.30. The van der Waals surface area contributed by atoms with Crippen LogP contribution >= 0.6 is 0 Å². The van der Waals surface area contributed by atoms with Crippen molar-refractivity contribution in [3.05, 3.63) is 71.4 Å². The number of ether oxygens (including phenoxy) is 1. The zero-order valence-corrected chi connectivity index (χ0v) is 16.2. The number of fused-ring (bicyclic) bond motifs is 1. The topological polar surface area (TPSA) is 71.2 Å². The van der Waals surface area contributed by atoms with E-state index in [1.807, 2.05) is 36.5 Å². The number of amides is 1. The second kappa shape index (κ2) is 9.74. The second-order valence-electron chi connectivity index (χ2n) is 6.79. The van der Waals surface area contributed by atoms with E-state index in [4.69, 9.17) is 4.74 Å². The highest BCUT2D eigenvalue weighted by molar-refractivity contribution is 5.83. The average Bonchev–Trinajstić information content (AvgIpc) is 3.14. The highest BCUT2D eigenvalue weighted by Crippen LogP contribution is 2.17. The molecular weight excluding hydrogens is 352 g/mol. The third-order valence-corrected chi connectivity index (χ3v) is 4.80. The van der Waals surface area contributed by atoms with Crippen LogP contribution in [0.4, 0.5) is 0 Å². The van der Waals surface area contributed by atoms with Crippen LogP contribution in [-0.2, 0) is 33.6 Å². The van der Waals surface area contributed by atoms with E-state index < -0.39 is 0 Å². The fourth-order valence-corrected chi connectivity index (χ4v) is 3.13. The Balaban J connectivity index is 1.33. The Hall–Kier alpha value is -3.08. The summed E-state index contributed by atoms with van der Waals surface area (Å²) in [5.74, 6) is -0.633. The van der Waals surface area contributed by atoms with E-state index in [2.05, 4.69) is 35.4 Å². The fourth-order valence-electron chi connectivity index (χ4n) is 3.13. The first kappa shape index (κ1) is 19.7. The monoisotopic (exact) mass is 378 g/mol. The maximum Gasteiger partial charge on any atom is 0.306 e. The molecule has 1 heterocycles. The first-order valence-electron chi connectivity index (χ1n) is 9.71. The molecule has 0 atom stereocenters. The summed E-state index contributed by atoms with van der Waals surface area (Å²) in [7, 11) is 0. The van der Waals surface area contributed by atoms with Gasteiger partial charge in [-0.05, 0) is 42.0 Å². The van der Waals surface area contributed by atoms with E-state index in [-0.39, 0.29) is 24.9 Å². The number of hydrogen-bond donors (Lipinski definition) is 2. The van der Waals surface area contributed by atoms with Crippen LogP contribution in [-0.4, -0.2) is 30.0 Å². The predicted molar refractivity (Wildman–Crippen MR) is 110 cm³/mol. The van der Waals surface area contributed by atoms with Crippen molar-refractivity contribution in [1.29, 1.82) is 0 Å². The van der Waals surface area contributed by atoms with Crippen molar-refractivity contribution < 1.29 is 14.3 Å². The molecule has 2 N–H and O–H groups in total. The van der Waals surface area contributed by atoms with E-state index in [0.29, 0.717) is 13.0 Å². The van der Waals surface area contributed by atoms with Gasteiger partial charge in [-0.15, -0.1) is 0 Å². The number of rotatable bonds is 9. The number of aromatic nitrogens is 1. The first-order chi connectivity index (χ1) is 13.7. The third-order valence-electron chi connectivity index (χ3n) is 4.80. The van der Waals surface area contributed by atoms with Gasteiger partial charge in [0, 0.05) is 30.1 Å². The van der Waals surface area contributed by atoms with E-state index in [0.717, 1.165) is 34.9 Å². The molecule has 0 aliphatic carbocycles. The summed E-state index contributed by atoms with van der Waals surface area (Å²) in [6.45, 7) is 2.38. The van der Waals surface area contributed by atoms with E-state index in [9.17, 15) is 9.59 Å². The van der Waals surface area contributed by atoms with Crippen molar-refractivity contribution in [3.8, 4) is 0 Å². The smallest absolute Gasteiger partial charge is 0.306 e. The van der Waals surface area contributed by atoms with Crippen LogP contribution in [0.15, 0.2) is 54.7 Å². The van der Waals surface area contributed by atoms with Crippen molar-refractivity contribution in [2.24, 2.45) is 0 Å². The summed E-state index contributed by atoms with van der Waals surface area (Å²) in [6, 6.07) is 16.3. The predicted octanol–water partition coefficient (Wildman–Crippen LogP) is 3.57. The SMILES string of the molecule is CCc1ccc(CCC(=O)OCC(=O)NCCc2c[nH]c3ccccc23)cc1. The van der Waals surface area contributed by atoms with Gasteiger partial charge in [0.05, 0.1) is 0 Å². The Morgan fingerprint density at radius 3 is 2.54 bits per heavy atom. The van der Waals surface area contributed by atoms with Gasteiger partial charge in [-0.3, -0.25) is 9.59 Å². The van der Waals surface area contributed by atoms with Gasteiger partial charge in [-0.25, -0.2) is 0 Å². The van der Waals surface area contributed by atoms with Crippen LogP contribution in [0.1, 0.15) is 30.0 Å². The Morgan fingerprint density at radius 1 is 1.00 bits per heavy atom. The largest absolute Gasteiger partial charge is 0.456 e. The van der Waals surface area contributed by atoms with E-state index in [1.54, 1.807) is 0 Å². The van der Waals surface area contributed by atoms with Gasteiger partial charge in [-0.2, -0.15) is 0 Å². The number of para-hydroxylation sites is 1. The van der Waals surface area contributed by atoms with Gasteiger partial charge >= 0.3 is 5.97 Å². The van der Waals surface area contributed by atoms with Gasteiger partial charge < -0.3 is 15.0 Å². The van der Waals surface area contributed by atoms with Gasteiger partial charge in [0.25, 0.3) is 5.91 Å². The standard InChI is InChI=1S/C23H26N2O3/c1-2-17-7-9-18(10-8-17)11-12-23(27)28-16-22(26)24-14-13-19-15-25-21-6-4-3-5-20(19)21/h3-10,15,25H,2,11-14,16H2,1H3,(H,24,26). The minimum atomic E-state index is -0.355. The first-order valence-corrected chi connectivity index (χ1v) is 9.71. The van der Waals surface area contributed by atoms with Crippen molar-refractivity contribution in [2.45, 2.75) is 32.6 Å². The lowest BCUT2D eigenvalue weighted by Gasteiger charge is -2.07. The zero-order valence-electron chi connectivity index (χ0n) is 16.2. The van der Waals surface area contributed by atoms with E-state index >= 15 is 0 Å². The molecule has 0 fully saturated rings. The maximum absolute atomic E-state index is 11.9. The van der Waals surface area contributed by atoms with Crippen molar-refractivity contribution in [3.63, 3.8) is 0 Å². The molecule has 1 aromatic heterocycles. The minimum absolute atomic E-state index is 0.235. The number of nitrogens with one attached hydrogen (secondary N) is 2. The minimum Gasteiger partial charge on any atom is -0.456 e. The summed E-state index contributed by atoms with van der Waals surface area (Å²) < 4.78 is 5.07. The number of hydrogen-bond acceptors (Lipinski definition) is 3. The highest BCUT2D eigenvalue weighted by Gasteiger charge is 2.09. The zero-order chi connectivity index (χ0) is 19.8.